The van der Waals surface area contributed by atoms with Crippen LogP contribution in [0.4, 0.5) is 0 Å². The average molecular weight is 306 g/mol. The maximum absolute atomic E-state index is 11.3. The number of benzene rings is 1. The van der Waals surface area contributed by atoms with E-state index in [1.807, 2.05) is 20.8 Å². The highest BCUT2D eigenvalue weighted by Crippen LogP contribution is 2.21. The highest BCUT2D eigenvalue weighted by Gasteiger charge is 2.26. The topological polar surface area (TPSA) is 26.3 Å². The number of esters is 1. The van der Waals surface area contributed by atoms with E-state index < -0.39 is 0 Å². The van der Waals surface area contributed by atoms with Gasteiger partial charge in [-0.25, -0.2) is 0 Å². The van der Waals surface area contributed by atoms with Gasteiger partial charge < -0.3 is 4.74 Å². The lowest BCUT2D eigenvalue weighted by Crippen LogP contribution is -2.26. The summed E-state index contributed by atoms with van der Waals surface area (Å²) in [6.45, 7) is 13.0. The molecular formula is C20H34O2. The lowest BCUT2D eigenvalue weighted by atomic mass is 9.91. The summed E-state index contributed by atoms with van der Waals surface area (Å²) in [6, 6.07) is 10.6. The predicted molar refractivity (Wildman–Crippen MR) is 95.1 cm³/mol. The predicted octanol–water partition coefficient (Wildman–Crippen LogP) is 5.97. The third-order valence-corrected chi connectivity index (χ3v) is 4.15. The van der Waals surface area contributed by atoms with Crippen molar-refractivity contribution in [3.8, 4) is 0 Å². The van der Waals surface area contributed by atoms with Gasteiger partial charge in [-0.1, -0.05) is 64.4 Å². The standard InChI is InChI=1S/C10H20O2.C10H14/c1-5-7-8-12-9(11)10(3,4)6-2;1-3-9(2)10-7-5-4-6-8-10/h5-8H2,1-4H3;4-9H,3H2,1-2H3. The van der Waals surface area contributed by atoms with E-state index in [-0.39, 0.29) is 11.4 Å². The Morgan fingerprint density at radius 1 is 1.14 bits per heavy atom. The Morgan fingerprint density at radius 2 is 1.73 bits per heavy atom. The van der Waals surface area contributed by atoms with Crippen LogP contribution in [-0.2, 0) is 9.53 Å². The van der Waals surface area contributed by atoms with Crippen LogP contribution in [0.25, 0.3) is 0 Å². The van der Waals surface area contributed by atoms with E-state index in [1.165, 1.54) is 12.0 Å². The van der Waals surface area contributed by atoms with Gasteiger partial charge >= 0.3 is 5.97 Å². The molecule has 1 aromatic rings. The molecule has 0 aliphatic heterocycles. The van der Waals surface area contributed by atoms with Gasteiger partial charge in [-0.3, -0.25) is 4.79 Å². The minimum atomic E-state index is -0.312. The molecule has 2 nitrogen and oxygen atoms in total. The zero-order chi connectivity index (χ0) is 17.0. The van der Waals surface area contributed by atoms with Crippen molar-refractivity contribution in [3.63, 3.8) is 0 Å². The van der Waals surface area contributed by atoms with Crippen LogP contribution >= 0.6 is 0 Å². The zero-order valence-electron chi connectivity index (χ0n) is 15.3. The SMILES string of the molecule is CCC(C)c1ccccc1.CCCCOC(=O)C(C)(C)CC. The summed E-state index contributed by atoms with van der Waals surface area (Å²) in [5.41, 5.74) is 1.14. The Bertz CT molecular complexity index is 395. The maximum atomic E-state index is 11.3. The smallest absolute Gasteiger partial charge is 0.311 e. The summed E-state index contributed by atoms with van der Waals surface area (Å²) >= 11 is 0. The first-order chi connectivity index (χ1) is 10.4. The first-order valence-corrected chi connectivity index (χ1v) is 8.61. The van der Waals surface area contributed by atoms with Gasteiger partial charge in [0, 0.05) is 0 Å². The molecule has 0 bridgehead atoms. The fourth-order valence-electron chi connectivity index (χ4n) is 1.67. The first kappa shape index (κ1) is 20.7. The Kier molecular flexibility index (Phi) is 10.6. The molecule has 0 aliphatic rings. The summed E-state index contributed by atoms with van der Waals surface area (Å²) in [5, 5.41) is 0. The van der Waals surface area contributed by atoms with Crippen molar-refractivity contribution in [2.75, 3.05) is 6.61 Å². The number of ether oxygens (including phenoxy) is 1. The number of hydrogen-bond acceptors (Lipinski definition) is 2. The minimum Gasteiger partial charge on any atom is -0.465 e. The van der Waals surface area contributed by atoms with E-state index in [0.29, 0.717) is 12.5 Å². The number of carbonyl (C=O) groups is 1. The van der Waals surface area contributed by atoms with Crippen LogP contribution in [0.1, 0.15) is 78.7 Å². The van der Waals surface area contributed by atoms with Crippen LogP contribution in [0.3, 0.4) is 0 Å². The largest absolute Gasteiger partial charge is 0.465 e. The van der Waals surface area contributed by atoms with Crippen LogP contribution in [0, 0.1) is 5.41 Å². The molecular weight excluding hydrogens is 272 g/mol. The van der Waals surface area contributed by atoms with Crippen molar-refractivity contribution in [1.29, 1.82) is 0 Å². The van der Waals surface area contributed by atoms with E-state index in [9.17, 15) is 4.79 Å². The second kappa shape index (κ2) is 11.3. The molecule has 0 heterocycles. The lowest BCUT2D eigenvalue weighted by Gasteiger charge is -2.19. The molecule has 0 aromatic heterocycles. The molecule has 0 spiro atoms. The molecule has 22 heavy (non-hydrogen) atoms. The molecule has 1 atom stereocenters. The molecule has 0 amide bonds. The summed E-state index contributed by atoms with van der Waals surface area (Å²) in [6.07, 6.45) is 4.09. The van der Waals surface area contributed by atoms with Gasteiger partial charge in [0.2, 0.25) is 0 Å². The van der Waals surface area contributed by atoms with Crippen molar-refractivity contribution in [3.05, 3.63) is 35.9 Å². The van der Waals surface area contributed by atoms with Crippen LogP contribution in [0.5, 0.6) is 0 Å². The summed E-state index contributed by atoms with van der Waals surface area (Å²) in [5.74, 6) is 0.639. The normalized spacial score (nSPS) is 12.1. The van der Waals surface area contributed by atoms with Crippen LogP contribution in [0.2, 0.25) is 0 Å². The Labute approximate surface area is 137 Å². The molecule has 0 saturated heterocycles. The van der Waals surface area contributed by atoms with Crippen LogP contribution < -0.4 is 0 Å². The number of rotatable bonds is 7. The third-order valence-electron chi connectivity index (χ3n) is 4.15. The van der Waals surface area contributed by atoms with Crippen molar-refractivity contribution in [1.82, 2.24) is 0 Å². The molecule has 0 aliphatic carbocycles. The van der Waals surface area contributed by atoms with E-state index >= 15 is 0 Å². The van der Waals surface area contributed by atoms with Gasteiger partial charge in [0.25, 0.3) is 0 Å². The second-order valence-electron chi connectivity index (χ2n) is 6.45. The number of carbonyl (C=O) groups excluding carboxylic acids is 1. The van der Waals surface area contributed by atoms with Gasteiger partial charge in [-0.05, 0) is 44.6 Å². The monoisotopic (exact) mass is 306 g/mol. The molecule has 126 valence electrons. The highest BCUT2D eigenvalue weighted by atomic mass is 16.5. The van der Waals surface area contributed by atoms with Crippen molar-refractivity contribution in [2.45, 2.75) is 73.1 Å². The van der Waals surface area contributed by atoms with Gasteiger partial charge in [-0.15, -0.1) is 0 Å². The van der Waals surface area contributed by atoms with Gasteiger partial charge in [0.05, 0.1) is 12.0 Å². The van der Waals surface area contributed by atoms with Gasteiger partial charge in [0.15, 0.2) is 0 Å². The molecule has 1 unspecified atom stereocenters. The summed E-state index contributed by atoms with van der Waals surface area (Å²) in [4.78, 5) is 11.3. The van der Waals surface area contributed by atoms with Gasteiger partial charge in [-0.2, -0.15) is 0 Å². The molecule has 1 aromatic carbocycles. The second-order valence-corrected chi connectivity index (χ2v) is 6.45. The maximum Gasteiger partial charge on any atom is 0.311 e. The number of unbranched alkanes of at least 4 members (excludes halogenated alkanes) is 1. The lowest BCUT2D eigenvalue weighted by molar-refractivity contribution is -0.154. The minimum absolute atomic E-state index is 0.0709. The molecule has 0 N–H and O–H groups in total. The fraction of sp³-hybridized carbons (Fsp3) is 0.650. The fourth-order valence-corrected chi connectivity index (χ4v) is 1.67. The molecule has 1 rings (SSSR count). The summed E-state index contributed by atoms with van der Waals surface area (Å²) < 4.78 is 5.10. The Balaban J connectivity index is 0.000000406. The third kappa shape index (κ3) is 8.21. The van der Waals surface area contributed by atoms with Crippen molar-refractivity contribution in [2.24, 2.45) is 5.41 Å². The van der Waals surface area contributed by atoms with Gasteiger partial charge in [0.1, 0.15) is 0 Å². The Morgan fingerprint density at radius 3 is 2.18 bits per heavy atom. The highest BCUT2D eigenvalue weighted by molar-refractivity contribution is 5.75. The van der Waals surface area contributed by atoms with Crippen LogP contribution in [0.15, 0.2) is 30.3 Å². The van der Waals surface area contributed by atoms with E-state index in [4.69, 9.17) is 4.74 Å². The molecule has 0 saturated carbocycles. The molecule has 2 heteroatoms. The van der Waals surface area contributed by atoms with Crippen LogP contribution in [-0.4, -0.2) is 12.6 Å². The van der Waals surface area contributed by atoms with E-state index in [2.05, 4.69) is 51.1 Å². The zero-order valence-corrected chi connectivity index (χ0v) is 15.3. The quantitative estimate of drug-likeness (QED) is 0.458. The summed E-state index contributed by atoms with van der Waals surface area (Å²) in [7, 11) is 0. The number of hydrogen-bond donors (Lipinski definition) is 0. The van der Waals surface area contributed by atoms with E-state index in [0.717, 1.165) is 19.3 Å². The van der Waals surface area contributed by atoms with Crippen molar-refractivity contribution < 1.29 is 9.53 Å². The first-order valence-electron chi connectivity index (χ1n) is 8.61. The van der Waals surface area contributed by atoms with E-state index in [1.54, 1.807) is 0 Å². The Hall–Kier alpha value is -1.31. The van der Waals surface area contributed by atoms with Crippen molar-refractivity contribution >= 4 is 5.97 Å². The average Bonchev–Trinajstić information content (AvgIpc) is 2.55. The molecule has 0 fully saturated rings. The molecule has 0 radical (unpaired) electrons.